The number of aromatic nitrogens is 1. The molecular formula is C17H12ClIN2O3. The maximum atomic E-state index is 11.9. The number of hydrogen-bond acceptors (Lipinski definition) is 4. The number of aromatic amines is 1. The molecule has 0 radical (unpaired) electrons. The van der Waals surface area contributed by atoms with Crippen LogP contribution in [0.4, 0.5) is 0 Å². The monoisotopic (exact) mass is 454 g/mol. The molecule has 0 fully saturated rings. The molecule has 1 heterocycles. The Labute approximate surface area is 155 Å². The smallest absolute Gasteiger partial charge is 0.258 e. The van der Waals surface area contributed by atoms with Crippen molar-refractivity contribution in [2.24, 2.45) is 4.99 Å². The molecule has 0 aliphatic heterocycles. The van der Waals surface area contributed by atoms with Crippen molar-refractivity contribution in [2.45, 2.75) is 6.54 Å². The van der Waals surface area contributed by atoms with Crippen LogP contribution in [0, 0.1) is 3.57 Å². The van der Waals surface area contributed by atoms with Crippen molar-refractivity contribution >= 4 is 51.2 Å². The largest absolute Gasteiger partial charge is 0.506 e. The number of nitrogens with zero attached hydrogens (tertiary/aromatic N) is 1. The lowest BCUT2D eigenvalue weighted by atomic mass is 10.1. The molecule has 3 aromatic rings. The summed E-state index contributed by atoms with van der Waals surface area (Å²) in [7, 11) is 0. The normalized spacial score (nSPS) is 11.4. The quantitative estimate of drug-likeness (QED) is 0.415. The number of hydrogen-bond donors (Lipinski definition) is 3. The number of nitrogens with one attached hydrogen (secondary N) is 1. The van der Waals surface area contributed by atoms with Crippen molar-refractivity contribution in [3.63, 3.8) is 0 Å². The lowest BCUT2D eigenvalue weighted by molar-refractivity contribution is 0.452. The fourth-order valence-electron chi connectivity index (χ4n) is 2.34. The minimum absolute atomic E-state index is 0.00346. The number of aliphatic imine (C=N–C) groups is 1. The number of phenols is 1. The molecule has 0 saturated heterocycles. The second-order valence-electron chi connectivity index (χ2n) is 5.16. The van der Waals surface area contributed by atoms with E-state index in [0.717, 1.165) is 9.13 Å². The van der Waals surface area contributed by atoms with E-state index in [0.29, 0.717) is 22.9 Å². The summed E-state index contributed by atoms with van der Waals surface area (Å²) in [4.78, 5) is 18.6. The average molecular weight is 455 g/mol. The van der Waals surface area contributed by atoms with Crippen LogP contribution in [0.1, 0.15) is 11.1 Å². The van der Waals surface area contributed by atoms with Gasteiger partial charge in [0.1, 0.15) is 5.75 Å². The first-order chi connectivity index (χ1) is 11.5. The number of fused-ring (bicyclic) bond motifs is 1. The van der Waals surface area contributed by atoms with E-state index in [9.17, 15) is 15.0 Å². The summed E-state index contributed by atoms with van der Waals surface area (Å²) in [5, 5.41) is 21.0. The van der Waals surface area contributed by atoms with Crippen LogP contribution in [0.3, 0.4) is 0 Å². The van der Waals surface area contributed by atoms with E-state index in [1.54, 1.807) is 18.2 Å². The number of rotatable bonds is 3. The van der Waals surface area contributed by atoms with Crippen LogP contribution in [-0.4, -0.2) is 21.4 Å². The van der Waals surface area contributed by atoms with Crippen molar-refractivity contribution in [2.75, 3.05) is 0 Å². The molecule has 0 unspecified atom stereocenters. The number of aromatic hydroxyl groups is 2. The fourth-order valence-corrected chi connectivity index (χ4v) is 2.95. The van der Waals surface area contributed by atoms with Crippen LogP contribution in [0.15, 0.2) is 46.2 Å². The van der Waals surface area contributed by atoms with Gasteiger partial charge in [0.05, 0.1) is 17.1 Å². The molecule has 3 N–H and O–H groups in total. The minimum atomic E-state index is -0.348. The Bertz CT molecular complexity index is 1010. The van der Waals surface area contributed by atoms with Crippen LogP contribution < -0.4 is 5.56 Å². The van der Waals surface area contributed by atoms with Gasteiger partial charge in [0.25, 0.3) is 5.56 Å². The summed E-state index contributed by atoms with van der Waals surface area (Å²) < 4.78 is 0.947. The third-order valence-electron chi connectivity index (χ3n) is 3.51. The molecule has 0 bridgehead atoms. The zero-order chi connectivity index (χ0) is 17.3. The molecular weight excluding hydrogens is 443 g/mol. The van der Waals surface area contributed by atoms with Gasteiger partial charge in [-0.3, -0.25) is 14.8 Å². The van der Waals surface area contributed by atoms with Crippen LogP contribution in [0.2, 0.25) is 5.02 Å². The van der Waals surface area contributed by atoms with Gasteiger partial charge in [-0.05, 0) is 58.5 Å². The molecule has 0 aliphatic rings. The second-order valence-corrected chi connectivity index (χ2v) is 6.81. The molecule has 0 saturated carbocycles. The highest BCUT2D eigenvalue weighted by atomic mass is 127. The molecule has 1 aromatic heterocycles. The van der Waals surface area contributed by atoms with E-state index in [1.807, 2.05) is 12.1 Å². The molecule has 0 atom stereocenters. The molecule has 7 heteroatoms. The maximum absolute atomic E-state index is 11.9. The zero-order valence-electron chi connectivity index (χ0n) is 12.3. The summed E-state index contributed by atoms with van der Waals surface area (Å²) in [6, 6.07) is 10.2. The Hall–Kier alpha value is -2.06. The van der Waals surface area contributed by atoms with Crippen LogP contribution in [0.5, 0.6) is 11.6 Å². The van der Waals surface area contributed by atoms with E-state index in [1.165, 1.54) is 12.3 Å². The summed E-state index contributed by atoms with van der Waals surface area (Å²) in [5.74, 6) is -0.228. The third-order valence-corrected chi connectivity index (χ3v) is 4.50. The molecule has 5 nitrogen and oxygen atoms in total. The van der Waals surface area contributed by atoms with Gasteiger partial charge in [-0.25, -0.2) is 0 Å². The van der Waals surface area contributed by atoms with Gasteiger partial charge in [-0.15, -0.1) is 0 Å². The number of H-pyrrole nitrogens is 1. The van der Waals surface area contributed by atoms with Crippen LogP contribution >= 0.6 is 34.2 Å². The number of pyridine rings is 1. The Balaban J connectivity index is 1.98. The highest BCUT2D eigenvalue weighted by molar-refractivity contribution is 14.1. The first-order valence-corrected chi connectivity index (χ1v) is 8.43. The Morgan fingerprint density at radius 1 is 1.17 bits per heavy atom. The molecule has 24 heavy (non-hydrogen) atoms. The first-order valence-electron chi connectivity index (χ1n) is 6.97. The van der Waals surface area contributed by atoms with Gasteiger partial charge in [-0.1, -0.05) is 17.7 Å². The molecule has 2 aromatic carbocycles. The fraction of sp³-hybridized carbons (Fsp3) is 0.0588. The van der Waals surface area contributed by atoms with Gasteiger partial charge < -0.3 is 10.2 Å². The second kappa shape index (κ2) is 6.82. The highest BCUT2D eigenvalue weighted by Crippen LogP contribution is 2.25. The maximum Gasteiger partial charge on any atom is 0.258 e. The van der Waals surface area contributed by atoms with Gasteiger partial charge in [-0.2, -0.15) is 0 Å². The van der Waals surface area contributed by atoms with E-state index >= 15 is 0 Å². The van der Waals surface area contributed by atoms with Gasteiger partial charge >= 0.3 is 0 Å². The summed E-state index contributed by atoms with van der Waals surface area (Å²) >= 11 is 7.91. The molecule has 122 valence electrons. The number of halogens is 2. The zero-order valence-corrected chi connectivity index (χ0v) is 15.2. The van der Waals surface area contributed by atoms with E-state index < -0.39 is 0 Å². The summed E-state index contributed by atoms with van der Waals surface area (Å²) in [6.07, 6.45) is 1.51. The van der Waals surface area contributed by atoms with E-state index in [4.69, 9.17) is 11.6 Å². The lowest BCUT2D eigenvalue weighted by Crippen LogP contribution is -2.08. The predicted octanol–water partition coefficient (Wildman–Crippen LogP) is 3.82. The average Bonchev–Trinajstić information content (AvgIpc) is 2.53. The Kier molecular flexibility index (Phi) is 4.77. The van der Waals surface area contributed by atoms with E-state index in [-0.39, 0.29) is 22.2 Å². The topological polar surface area (TPSA) is 85.7 Å². The molecule has 0 spiro atoms. The van der Waals surface area contributed by atoms with Crippen LogP contribution in [-0.2, 0) is 6.54 Å². The van der Waals surface area contributed by atoms with Crippen LogP contribution in [0.25, 0.3) is 10.8 Å². The molecule has 0 amide bonds. The molecule has 0 aliphatic carbocycles. The number of phenolic OH excluding ortho intramolecular Hbond substituents is 1. The lowest BCUT2D eigenvalue weighted by Gasteiger charge is -2.05. The summed E-state index contributed by atoms with van der Waals surface area (Å²) in [6.45, 7) is 0.300. The van der Waals surface area contributed by atoms with Crippen molar-refractivity contribution in [1.82, 2.24) is 4.98 Å². The van der Waals surface area contributed by atoms with Crippen molar-refractivity contribution in [3.05, 3.63) is 66.5 Å². The highest BCUT2D eigenvalue weighted by Gasteiger charge is 2.09. The van der Waals surface area contributed by atoms with Gasteiger partial charge in [0.15, 0.2) is 0 Å². The SMILES string of the molecule is O=c1[nH]c(O)c(C=NCc2ccc(Cl)c(O)c2)c2cc(I)ccc12. The van der Waals surface area contributed by atoms with Crippen molar-refractivity contribution < 1.29 is 10.2 Å². The summed E-state index contributed by atoms with van der Waals surface area (Å²) in [5.41, 5.74) is 0.871. The third kappa shape index (κ3) is 3.39. The number of benzene rings is 2. The van der Waals surface area contributed by atoms with Gasteiger partial charge in [0, 0.05) is 20.6 Å². The first kappa shape index (κ1) is 16.8. The minimum Gasteiger partial charge on any atom is -0.506 e. The van der Waals surface area contributed by atoms with Crippen molar-refractivity contribution in [3.8, 4) is 11.6 Å². The Morgan fingerprint density at radius 2 is 1.96 bits per heavy atom. The van der Waals surface area contributed by atoms with Gasteiger partial charge in [0.2, 0.25) is 5.88 Å². The predicted molar refractivity (Wildman–Crippen MR) is 103 cm³/mol. The standard InChI is InChI=1S/C17H12ClIN2O3/c18-14-4-1-9(5-15(14)22)7-20-8-13-12-6-10(19)2-3-11(12)16(23)21-17(13)24/h1-6,8,22H,7H2,(H2,21,23,24). The van der Waals surface area contributed by atoms with Crippen molar-refractivity contribution in [1.29, 1.82) is 0 Å². The molecule has 3 rings (SSSR count). The van der Waals surface area contributed by atoms with E-state index in [2.05, 4.69) is 32.6 Å². The Morgan fingerprint density at radius 3 is 2.71 bits per heavy atom.